The third-order valence-electron chi connectivity index (χ3n) is 11.0. The van der Waals surface area contributed by atoms with E-state index in [0.717, 1.165) is 55.8 Å². The van der Waals surface area contributed by atoms with E-state index in [1.165, 1.54) is 6.07 Å². The van der Waals surface area contributed by atoms with Crippen LogP contribution in [0.4, 0.5) is 20.3 Å². The molecule has 0 aliphatic carbocycles. The number of phenols is 1. The number of rotatable bonds is 5. The molecule has 13 heteroatoms. The minimum atomic E-state index is -3.07. The van der Waals surface area contributed by atoms with Crippen molar-refractivity contribution in [2.24, 2.45) is 5.41 Å². The third-order valence-corrected chi connectivity index (χ3v) is 13.2. The molecule has 46 heavy (non-hydrogen) atoms. The number of hydrogen-bond donors (Lipinski definition) is 1. The Morgan fingerprint density at radius 3 is 2.76 bits per heavy atom. The lowest BCUT2D eigenvalue weighted by molar-refractivity contribution is 0.107. The van der Waals surface area contributed by atoms with Gasteiger partial charge in [0.2, 0.25) is 0 Å². The van der Waals surface area contributed by atoms with Crippen LogP contribution >= 0.6 is 11.6 Å². The quantitative estimate of drug-likeness (QED) is 0.399. The summed E-state index contributed by atoms with van der Waals surface area (Å²) in [6.07, 6.45) is 4.40. The van der Waals surface area contributed by atoms with Gasteiger partial charge in [-0.2, -0.15) is 9.97 Å². The van der Waals surface area contributed by atoms with Crippen molar-refractivity contribution in [3.8, 4) is 11.8 Å². The number of aromatic nitrogens is 2. The smallest absolute Gasteiger partial charge is 0.318 e. The van der Waals surface area contributed by atoms with Crippen molar-refractivity contribution in [3.05, 3.63) is 46.4 Å². The molecule has 1 spiro atoms. The van der Waals surface area contributed by atoms with E-state index in [9.17, 15) is 22.3 Å². The fraction of sp³-hybridized carbons (Fsp3) is 0.576. The Morgan fingerprint density at radius 2 is 1.93 bits per heavy atom. The fourth-order valence-corrected chi connectivity index (χ4v) is 11.3. The Balaban J connectivity index is 1.16. The van der Waals surface area contributed by atoms with Gasteiger partial charge in [-0.15, -0.1) is 0 Å². The number of phenolic OH excluding ortho intramolecular Hbond substituents is 1. The van der Waals surface area contributed by atoms with Gasteiger partial charge in [0.25, 0.3) is 0 Å². The largest absolute Gasteiger partial charge is 0.508 e. The second-order valence-corrected chi connectivity index (χ2v) is 16.6. The zero-order chi connectivity index (χ0) is 31.8. The molecule has 246 valence electrons. The van der Waals surface area contributed by atoms with Crippen molar-refractivity contribution in [2.75, 3.05) is 60.6 Å². The van der Waals surface area contributed by atoms with Crippen LogP contribution in [0.25, 0.3) is 10.8 Å². The number of benzene rings is 2. The highest BCUT2D eigenvalue weighted by atomic mass is 35.5. The van der Waals surface area contributed by atoms with E-state index in [4.69, 9.17) is 26.3 Å². The average Bonchev–Trinajstić information content (AvgIpc) is 3.65. The maximum Gasteiger partial charge on any atom is 0.318 e. The summed E-state index contributed by atoms with van der Waals surface area (Å²) in [4.78, 5) is 16.3. The molecule has 0 bridgehead atoms. The van der Waals surface area contributed by atoms with Crippen LogP contribution in [0.5, 0.6) is 11.8 Å². The third kappa shape index (κ3) is 5.24. The molecule has 0 radical (unpaired) electrons. The summed E-state index contributed by atoms with van der Waals surface area (Å²) in [5.74, 6) is 0.710. The second kappa shape index (κ2) is 11.1. The maximum absolute atomic E-state index is 14.6. The molecular weight excluding hydrogens is 636 g/mol. The molecule has 5 aliphatic rings. The standard InChI is InChI=1S/C33H38ClF2N5O4S/c34-29-25(36)4-3-21-13-23(42)14-27(28(21)29)39-11-5-24-26(17-39)37-31(45-19-33-7-2-10-41(33)16-22(35)15-33)38-30(24)40-9-1-6-32(18-40)8-12-46(43,44)20-32/h3-4,13-14,22,42H,1-2,5-12,15-20H2/t22-,32?,33+/m1/s1. The summed E-state index contributed by atoms with van der Waals surface area (Å²) in [5.41, 5.74) is 1.69. The molecule has 1 unspecified atom stereocenters. The number of aromatic hydroxyl groups is 1. The molecule has 5 aliphatic heterocycles. The fourth-order valence-electron chi connectivity index (χ4n) is 8.87. The molecule has 6 heterocycles. The lowest BCUT2D eigenvalue weighted by Gasteiger charge is -2.42. The van der Waals surface area contributed by atoms with Crippen molar-refractivity contribution in [3.63, 3.8) is 0 Å². The Labute approximate surface area is 272 Å². The summed E-state index contributed by atoms with van der Waals surface area (Å²) in [6, 6.07) is 6.30. The van der Waals surface area contributed by atoms with Crippen LogP contribution in [0.1, 0.15) is 49.8 Å². The lowest BCUT2D eigenvalue weighted by atomic mass is 9.79. The van der Waals surface area contributed by atoms with Gasteiger partial charge in [-0.25, -0.2) is 17.2 Å². The van der Waals surface area contributed by atoms with Gasteiger partial charge >= 0.3 is 6.01 Å². The van der Waals surface area contributed by atoms with E-state index in [1.807, 2.05) is 4.90 Å². The minimum Gasteiger partial charge on any atom is -0.508 e. The molecular formula is C33H38ClF2N5O4S. The van der Waals surface area contributed by atoms with Crippen molar-refractivity contribution < 1.29 is 27.0 Å². The average molecular weight is 674 g/mol. The first-order valence-corrected chi connectivity index (χ1v) is 18.4. The maximum atomic E-state index is 14.6. The van der Waals surface area contributed by atoms with E-state index in [-0.39, 0.29) is 39.2 Å². The van der Waals surface area contributed by atoms with Gasteiger partial charge < -0.3 is 19.6 Å². The molecule has 2 aromatic carbocycles. The first-order valence-electron chi connectivity index (χ1n) is 16.2. The SMILES string of the molecule is O=S1(=O)CCC2(CCCN(c3nc(OC[C@@]45CCCN4C[C@H](F)C5)nc4c3CCN(c3cc(O)cc5ccc(F)c(Cl)c35)C4)C2)C1. The molecule has 8 rings (SSSR count). The van der Waals surface area contributed by atoms with Crippen LogP contribution in [0.3, 0.4) is 0 Å². The second-order valence-electron chi connectivity index (χ2n) is 14.1. The van der Waals surface area contributed by atoms with E-state index in [0.29, 0.717) is 68.5 Å². The van der Waals surface area contributed by atoms with Crippen LogP contribution in [0.2, 0.25) is 5.02 Å². The number of piperidine rings is 1. The predicted molar refractivity (Wildman–Crippen MR) is 173 cm³/mol. The summed E-state index contributed by atoms with van der Waals surface area (Å²) in [5, 5.41) is 11.7. The molecule has 9 nitrogen and oxygen atoms in total. The number of sulfone groups is 1. The summed E-state index contributed by atoms with van der Waals surface area (Å²) >= 11 is 6.48. The molecule has 3 atom stereocenters. The van der Waals surface area contributed by atoms with Crippen molar-refractivity contribution >= 4 is 43.7 Å². The number of fused-ring (bicyclic) bond motifs is 3. The Kier molecular flexibility index (Phi) is 7.30. The Bertz CT molecular complexity index is 1830. The number of alkyl halides is 1. The number of halogens is 3. The zero-order valence-corrected chi connectivity index (χ0v) is 27.2. The minimum absolute atomic E-state index is 0.000990. The summed E-state index contributed by atoms with van der Waals surface area (Å²) in [6.45, 7) is 3.84. The van der Waals surface area contributed by atoms with Crippen LogP contribution in [-0.4, -0.2) is 90.9 Å². The number of anilines is 2. The number of nitrogens with zero attached hydrogens (tertiary/aromatic N) is 5. The van der Waals surface area contributed by atoms with Crippen LogP contribution < -0.4 is 14.5 Å². The van der Waals surface area contributed by atoms with E-state index < -0.39 is 21.8 Å². The number of hydrogen-bond acceptors (Lipinski definition) is 9. The number of ether oxygens (including phenoxy) is 1. The molecule has 4 fully saturated rings. The lowest BCUT2D eigenvalue weighted by Crippen LogP contribution is -2.46. The van der Waals surface area contributed by atoms with E-state index in [1.54, 1.807) is 18.2 Å². The van der Waals surface area contributed by atoms with Crippen LogP contribution in [0.15, 0.2) is 24.3 Å². The molecule has 1 aromatic heterocycles. The van der Waals surface area contributed by atoms with Crippen molar-refractivity contribution in [1.29, 1.82) is 0 Å². The predicted octanol–water partition coefficient (Wildman–Crippen LogP) is 5.05. The topological polar surface area (TPSA) is 99.1 Å². The summed E-state index contributed by atoms with van der Waals surface area (Å²) in [7, 11) is -3.07. The first kappa shape index (κ1) is 30.4. The Hall–Kier alpha value is -2.96. The van der Waals surface area contributed by atoms with Gasteiger partial charge in [-0.3, -0.25) is 4.90 Å². The van der Waals surface area contributed by atoms with Gasteiger partial charge in [-0.05, 0) is 62.6 Å². The zero-order valence-electron chi connectivity index (χ0n) is 25.7. The highest BCUT2D eigenvalue weighted by molar-refractivity contribution is 7.91. The highest BCUT2D eigenvalue weighted by Crippen LogP contribution is 2.45. The van der Waals surface area contributed by atoms with Crippen LogP contribution in [-0.2, 0) is 22.8 Å². The van der Waals surface area contributed by atoms with Gasteiger partial charge in [0.05, 0.1) is 40.0 Å². The van der Waals surface area contributed by atoms with Gasteiger partial charge in [0, 0.05) is 55.0 Å². The van der Waals surface area contributed by atoms with Crippen molar-refractivity contribution in [1.82, 2.24) is 14.9 Å². The van der Waals surface area contributed by atoms with Gasteiger partial charge in [0.1, 0.15) is 30.2 Å². The molecule has 4 saturated heterocycles. The van der Waals surface area contributed by atoms with E-state index >= 15 is 0 Å². The highest BCUT2D eigenvalue weighted by Gasteiger charge is 2.50. The van der Waals surface area contributed by atoms with Gasteiger partial charge in [-0.1, -0.05) is 17.7 Å². The van der Waals surface area contributed by atoms with Crippen molar-refractivity contribution in [2.45, 2.75) is 63.2 Å². The Morgan fingerprint density at radius 1 is 1.09 bits per heavy atom. The van der Waals surface area contributed by atoms with E-state index in [2.05, 4.69) is 9.80 Å². The molecule has 0 saturated carbocycles. The molecule has 0 amide bonds. The molecule has 3 aromatic rings. The monoisotopic (exact) mass is 673 g/mol. The summed E-state index contributed by atoms with van der Waals surface area (Å²) < 4.78 is 60.6. The molecule has 1 N–H and O–H groups in total. The van der Waals surface area contributed by atoms with Crippen LogP contribution in [0, 0.1) is 11.2 Å². The first-order chi connectivity index (χ1) is 22.0. The normalized spacial score (nSPS) is 29.1. The van der Waals surface area contributed by atoms with Gasteiger partial charge in [0.15, 0.2) is 9.84 Å².